The number of amides is 1. The summed E-state index contributed by atoms with van der Waals surface area (Å²) in [5.41, 5.74) is -0.524. The fourth-order valence-corrected chi connectivity index (χ4v) is 4.56. The van der Waals surface area contributed by atoms with Crippen LogP contribution in [0.15, 0.2) is 34.7 Å². The van der Waals surface area contributed by atoms with E-state index in [1.165, 1.54) is 31.2 Å². The number of aromatic nitrogens is 2. The zero-order chi connectivity index (χ0) is 27.6. The molecule has 202 valence electrons. The van der Waals surface area contributed by atoms with Crippen LogP contribution in [0.25, 0.3) is 11.1 Å². The summed E-state index contributed by atoms with van der Waals surface area (Å²) in [4.78, 5) is 25.6. The average Bonchev–Trinajstić information content (AvgIpc) is 3.26. The lowest BCUT2D eigenvalue weighted by Gasteiger charge is -2.40. The molecule has 0 saturated carbocycles. The predicted octanol–water partition coefficient (Wildman–Crippen LogP) is 5.40. The van der Waals surface area contributed by atoms with Gasteiger partial charge in [-0.2, -0.15) is 0 Å². The van der Waals surface area contributed by atoms with E-state index in [0.717, 1.165) is 0 Å². The maximum Gasteiger partial charge on any atom is 0.309 e. The first-order valence-electron chi connectivity index (χ1n) is 11.4. The third-order valence-electron chi connectivity index (χ3n) is 6.00. The van der Waals surface area contributed by atoms with Crippen molar-refractivity contribution in [3.63, 3.8) is 0 Å². The van der Waals surface area contributed by atoms with Gasteiger partial charge in [-0.15, -0.1) is 10.2 Å². The van der Waals surface area contributed by atoms with E-state index in [9.17, 15) is 18.4 Å². The molecule has 8 nitrogen and oxygen atoms in total. The lowest BCUT2D eigenvalue weighted by molar-refractivity contribution is -0.144. The summed E-state index contributed by atoms with van der Waals surface area (Å²) >= 11 is 12.2. The topological polar surface area (TPSA) is 104 Å². The van der Waals surface area contributed by atoms with Crippen LogP contribution >= 0.6 is 23.2 Å². The van der Waals surface area contributed by atoms with E-state index in [0.29, 0.717) is 5.56 Å². The number of alkyl halides is 2. The molecule has 2 aromatic carbocycles. The third kappa shape index (κ3) is 5.95. The molecule has 1 atom stereocenters. The first kappa shape index (κ1) is 27.9. The van der Waals surface area contributed by atoms with Gasteiger partial charge in [0, 0.05) is 23.9 Å². The fraction of sp³-hybridized carbons (Fsp3) is 0.360. The largest absolute Gasteiger partial charge is 0.485 e. The molecule has 38 heavy (non-hydrogen) atoms. The highest BCUT2D eigenvalue weighted by molar-refractivity contribution is 6.36. The SMILES string of the molecule is Cc1nnc(C(=O)NC2(C(=O)C[C@H](C)c3ccc(-c4cc(Cl)cc(Cl)c4OCC(F)F)cc3F)COC2)o1. The molecule has 2 heterocycles. The van der Waals surface area contributed by atoms with Crippen LogP contribution in [0, 0.1) is 12.7 Å². The van der Waals surface area contributed by atoms with Gasteiger partial charge in [0.2, 0.25) is 5.89 Å². The van der Waals surface area contributed by atoms with Gasteiger partial charge in [0.25, 0.3) is 6.43 Å². The molecule has 1 amide bonds. The number of Topliss-reactive ketones (excluding diaryl/α,β-unsaturated/α-hetero) is 1. The van der Waals surface area contributed by atoms with Crippen LogP contribution in [0.1, 0.15) is 41.4 Å². The molecule has 4 rings (SSSR count). The van der Waals surface area contributed by atoms with Crippen molar-refractivity contribution in [2.45, 2.75) is 38.2 Å². The van der Waals surface area contributed by atoms with E-state index in [1.807, 2.05) is 0 Å². The van der Waals surface area contributed by atoms with Crippen LogP contribution in [0.2, 0.25) is 10.0 Å². The summed E-state index contributed by atoms with van der Waals surface area (Å²) in [5.74, 6) is -2.41. The Balaban J connectivity index is 1.52. The second kappa shape index (κ2) is 11.3. The number of benzene rings is 2. The van der Waals surface area contributed by atoms with Crippen molar-refractivity contribution in [3.8, 4) is 16.9 Å². The molecule has 1 aliphatic rings. The zero-order valence-electron chi connectivity index (χ0n) is 20.2. The van der Waals surface area contributed by atoms with Crippen LogP contribution in [0.5, 0.6) is 5.75 Å². The van der Waals surface area contributed by atoms with E-state index < -0.39 is 36.2 Å². The maximum atomic E-state index is 15.2. The number of ether oxygens (including phenoxy) is 2. The highest BCUT2D eigenvalue weighted by Gasteiger charge is 2.47. The van der Waals surface area contributed by atoms with Gasteiger partial charge in [0.05, 0.1) is 18.2 Å². The van der Waals surface area contributed by atoms with Crippen molar-refractivity contribution in [2.24, 2.45) is 0 Å². The zero-order valence-corrected chi connectivity index (χ0v) is 21.7. The number of rotatable bonds is 10. The molecule has 3 aromatic rings. The van der Waals surface area contributed by atoms with E-state index in [1.54, 1.807) is 13.0 Å². The Morgan fingerprint density at radius 2 is 1.92 bits per heavy atom. The van der Waals surface area contributed by atoms with Gasteiger partial charge in [-0.25, -0.2) is 13.2 Å². The standard InChI is InChI=1S/C25H22Cl2F3N3O5/c1-12(5-20(34)25(10-36-11-25)31-23(35)24-33-32-13(2)38-24)16-4-3-14(6-19(16)28)17-7-15(26)8-18(27)22(17)37-9-21(29)30/h3-4,6-8,12,21H,5,9-11H2,1-2H3,(H,31,35)/t12-/m0/s1. The Hall–Kier alpha value is -3.15. The molecule has 1 saturated heterocycles. The van der Waals surface area contributed by atoms with Gasteiger partial charge in [-0.05, 0) is 35.2 Å². The van der Waals surface area contributed by atoms with Gasteiger partial charge < -0.3 is 19.2 Å². The average molecular weight is 572 g/mol. The molecule has 1 fully saturated rings. The molecule has 0 unspecified atom stereocenters. The first-order chi connectivity index (χ1) is 18.0. The Labute approximate surface area is 225 Å². The molecule has 0 radical (unpaired) electrons. The third-order valence-corrected chi connectivity index (χ3v) is 6.50. The number of nitrogens with zero attached hydrogens (tertiary/aromatic N) is 2. The summed E-state index contributed by atoms with van der Waals surface area (Å²) in [6.45, 7) is 2.20. The minimum Gasteiger partial charge on any atom is -0.485 e. The molecule has 0 bridgehead atoms. The second-order valence-electron chi connectivity index (χ2n) is 8.89. The normalized spacial score (nSPS) is 15.2. The summed E-state index contributed by atoms with van der Waals surface area (Å²) in [5, 5.41) is 10.1. The highest BCUT2D eigenvalue weighted by atomic mass is 35.5. The molecule has 1 aliphatic heterocycles. The van der Waals surface area contributed by atoms with Crippen molar-refractivity contribution in [1.29, 1.82) is 0 Å². The lowest BCUT2D eigenvalue weighted by Crippen LogP contribution is -2.67. The summed E-state index contributed by atoms with van der Waals surface area (Å²) in [7, 11) is 0. The van der Waals surface area contributed by atoms with E-state index in [2.05, 4.69) is 15.5 Å². The summed E-state index contributed by atoms with van der Waals surface area (Å²) in [6.07, 6.45) is -2.84. The van der Waals surface area contributed by atoms with Crippen LogP contribution in [0.4, 0.5) is 13.2 Å². The molecular formula is C25H22Cl2F3N3O5. The Bertz CT molecular complexity index is 1360. The maximum absolute atomic E-state index is 15.2. The van der Waals surface area contributed by atoms with Gasteiger partial charge in [0.15, 0.2) is 5.78 Å². The second-order valence-corrected chi connectivity index (χ2v) is 9.73. The Kier molecular flexibility index (Phi) is 8.29. The number of aryl methyl sites for hydroxylation is 1. The monoisotopic (exact) mass is 571 g/mol. The first-order valence-corrected chi connectivity index (χ1v) is 12.2. The Morgan fingerprint density at radius 1 is 1.18 bits per heavy atom. The molecule has 0 spiro atoms. The van der Waals surface area contributed by atoms with Crippen molar-refractivity contribution in [3.05, 3.63) is 63.5 Å². The van der Waals surface area contributed by atoms with Crippen molar-refractivity contribution in [1.82, 2.24) is 15.5 Å². The van der Waals surface area contributed by atoms with Crippen molar-refractivity contribution in [2.75, 3.05) is 19.8 Å². The van der Waals surface area contributed by atoms with Gasteiger partial charge in [-0.3, -0.25) is 9.59 Å². The highest BCUT2D eigenvalue weighted by Crippen LogP contribution is 2.40. The van der Waals surface area contributed by atoms with Crippen LogP contribution in [-0.4, -0.2) is 53.7 Å². The molecule has 13 heteroatoms. The molecule has 0 aliphatic carbocycles. The minimum absolute atomic E-state index is 0.00218. The summed E-state index contributed by atoms with van der Waals surface area (Å²) in [6, 6.07) is 7.00. The van der Waals surface area contributed by atoms with Gasteiger partial charge >= 0.3 is 11.8 Å². The number of carbonyl (C=O) groups is 2. The fourth-order valence-electron chi connectivity index (χ4n) is 4.01. The van der Waals surface area contributed by atoms with Crippen LogP contribution in [-0.2, 0) is 9.53 Å². The van der Waals surface area contributed by atoms with E-state index in [4.69, 9.17) is 37.1 Å². The quantitative estimate of drug-likeness (QED) is 0.347. The number of carbonyl (C=O) groups excluding carboxylic acids is 2. The van der Waals surface area contributed by atoms with Gasteiger partial charge in [0.1, 0.15) is 23.7 Å². The molecule has 1 aromatic heterocycles. The van der Waals surface area contributed by atoms with Crippen LogP contribution in [0.3, 0.4) is 0 Å². The van der Waals surface area contributed by atoms with E-state index >= 15 is 4.39 Å². The number of hydrogen-bond donors (Lipinski definition) is 1. The number of hydrogen-bond acceptors (Lipinski definition) is 7. The van der Waals surface area contributed by atoms with Crippen molar-refractivity contribution >= 4 is 34.9 Å². The van der Waals surface area contributed by atoms with Crippen LogP contribution < -0.4 is 10.1 Å². The van der Waals surface area contributed by atoms with Gasteiger partial charge in [-0.1, -0.05) is 42.3 Å². The lowest BCUT2D eigenvalue weighted by atomic mass is 9.83. The molecular weight excluding hydrogens is 550 g/mol. The van der Waals surface area contributed by atoms with Crippen molar-refractivity contribution < 1.29 is 36.7 Å². The predicted molar refractivity (Wildman–Crippen MR) is 131 cm³/mol. The number of ketones is 1. The Morgan fingerprint density at radius 3 is 2.50 bits per heavy atom. The number of halogens is 5. The molecule has 1 N–H and O–H groups in total. The minimum atomic E-state index is -2.74. The van der Waals surface area contributed by atoms with E-state index in [-0.39, 0.29) is 64.1 Å². The number of nitrogens with one attached hydrogen (secondary N) is 1. The smallest absolute Gasteiger partial charge is 0.309 e. The summed E-state index contributed by atoms with van der Waals surface area (Å²) < 4.78 is 56.1.